The highest BCUT2D eigenvalue weighted by molar-refractivity contribution is 7.93. The molecule has 0 atom stereocenters. The fourth-order valence-electron chi connectivity index (χ4n) is 8.59. The highest BCUT2D eigenvalue weighted by Gasteiger charge is 2.49. The van der Waals surface area contributed by atoms with Gasteiger partial charge in [0.1, 0.15) is 12.4 Å². The van der Waals surface area contributed by atoms with Gasteiger partial charge in [0.25, 0.3) is 0 Å². The van der Waals surface area contributed by atoms with E-state index in [4.69, 9.17) is 24.8 Å². The van der Waals surface area contributed by atoms with Crippen molar-refractivity contribution in [2.45, 2.75) is 87.7 Å². The van der Waals surface area contributed by atoms with Gasteiger partial charge in [0.05, 0.1) is 12.2 Å². The topological polar surface area (TPSA) is 97.5 Å². The molecule has 1 saturated heterocycles. The van der Waals surface area contributed by atoms with Crippen LogP contribution in [0.4, 0.5) is 4.79 Å². The second kappa shape index (κ2) is 15.5. The molecule has 1 heterocycles. The van der Waals surface area contributed by atoms with Gasteiger partial charge in [-0.25, -0.2) is 14.6 Å². The summed E-state index contributed by atoms with van der Waals surface area (Å²) >= 11 is 0.777. The van der Waals surface area contributed by atoms with Crippen molar-refractivity contribution >= 4 is 18.1 Å². The van der Waals surface area contributed by atoms with Crippen LogP contribution in [0, 0.1) is 30.6 Å². The van der Waals surface area contributed by atoms with Crippen LogP contribution >= 0.6 is 12.0 Å². The summed E-state index contributed by atoms with van der Waals surface area (Å²) < 4.78 is 14.5. The van der Waals surface area contributed by atoms with Crippen LogP contribution in [0.25, 0.3) is 0 Å². The van der Waals surface area contributed by atoms with Crippen LogP contribution in [0.2, 0.25) is 0 Å². The first kappa shape index (κ1) is 32.6. The lowest BCUT2D eigenvalue weighted by molar-refractivity contribution is -0.383. The SMILES string of the molecule is Cc1ccc(SO)cc1.NC(=O)N1CCN(CCOc2ccc(C3CCC(OOC4C5CC6CC(C5)CC4C6)CC3)cc2)CC1. The number of ether oxygens (including phenoxy) is 1. The molecule has 6 fully saturated rings. The Morgan fingerprint density at radius 1 is 0.844 bits per heavy atom. The van der Waals surface area contributed by atoms with Gasteiger partial charge in [-0.3, -0.25) is 4.90 Å². The third kappa shape index (κ3) is 8.74. The third-order valence-electron chi connectivity index (χ3n) is 11.0. The zero-order valence-electron chi connectivity index (χ0n) is 26.7. The minimum absolute atomic E-state index is 0.255. The molecule has 0 spiro atoms. The highest BCUT2D eigenvalue weighted by atomic mass is 32.2. The minimum Gasteiger partial charge on any atom is -0.492 e. The standard InChI is InChI=1S/C29H43N3O4.C7H8OS/c30-29(33)32-11-9-31(10-12-32)13-14-34-26-5-1-22(2-6-26)23-3-7-27(8-4-23)35-36-28-24-16-20-15-21(18-24)19-25(28)17-20;1-6-2-4-7(9-8)5-3-6/h1-2,5-6,20-21,23-25,27-28H,3-4,7-19H2,(H2,30,33);2-5,8H,1H3. The molecule has 5 saturated carbocycles. The largest absolute Gasteiger partial charge is 0.492 e. The van der Waals surface area contributed by atoms with Gasteiger partial charge >= 0.3 is 6.03 Å². The van der Waals surface area contributed by atoms with Crippen LogP contribution < -0.4 is 10.5 Å². The zero-order chi connectivity index (χ0) is 31.2. The smallest absolute Gasteiger partial charge is 0.314 e. The highest BCUT2D eigenvalue weighted by Crippen LogP contribution is 2.54. The number of nitrogens with two attached hydrogens (primary N) is 1. The van der Waals surface area contributed by atoms with E-state index >= 15 is 0 Å². The van der Waals surface area contributed by atoms with Crippen LogP contribution in [0.3, 0.4) is 0 Å². The van der Waals surface area contributed by atoms with Crippen LogP contribution in [-0.4, -0.2) is 71.9 Å². The summed E-state index contributed by atoms with van der Waals surface area (Å²) in [6.07, 6.45) is 12.1. The quantitative estimate of drug-likeness (QED) is 0.172. The Kier molecular flexibility index (Phi) is 11.3. The van der Waals surface area contributed by atoms with Crippen molar-refractivity contribution in [3.8, 4) is 5.75 Å². The molecule has 8 nitrogen and oxygen atoms in total. The lowest BCUT2D eigenvalue weighted by atomic mass is 9.55. The maximum Gasteiger partial charge on any atom is 0.314 e. The van der Waals surface area contributed by atoms with E-state index in [0.29, 0.717) is 31.7 Å². The number of primary amides is 1. The van der Waals surface area contributed by atoms with Crippen LogP contribution in [-0.2, 0) is 9.78 Å². The van der Waals surface area contributed by atoms with Crippen molar-refractivity contribution in [2.24, 2.45) is 29.4 Å². The van der Waals surface area contributed by atoms with E-state index in [1.54, 1.807) is 4.90 Å². The fraction of sp³-hybridized carbons (Fsp3) is 0.639. The maximum absolute atomic E-state index is 11.2. The second-order valence-electron chi connectivity index (χ2n) is 14.1. The molecule has 45 heavy (non-hydrogen) atoms. The first-order valence-electron chi connectivity index (χ1n) is 17.1. The van der Waals surface area contributed by atoms with Gasteiger partial charge in [-0.2, -0.15) is 0 Å². The monoisotopic (exact) mass is 637 g/mol. The summed E-state index contributed by atoms with van der Waals surface area (Å²) in [4.78, 5) is 28.4. The lowest BCUT2D eigenvalue weighted by Gasteiger charge is -2.53. The van der Waals surface area contributed by atoms with Gasteiger partial charge in [0.2, 0.25) is 0 Å². The molecule has 4 bridgehead atoms. The van der Waals surface area contributed by atoms with E-state index in [0.717, 1.165) is 91.7 Å². The summed E-state index contributed by atoms with van der Waals surface area (Å²) in [7, 11) is 0. The molecule has 246 valence electrons. The Morgan fingerprint density at radius 2 is 1.47 bits per heavy atom. The van der Waals surface area contributed by atoms with Crippen molar-refractivity contribution in [1.29, 1.82) is 0 Å². The molecule has 1 aliphatic heterocycles. The summed E-state index contributed by atoms with van der Waals surface area (Å²) in [5, 5.41) is 0. The second-order valence-corrected chi connectivity index (χ2v) is 14.7. The molecular formula is C36H51N3O5S. The predicted octanol–water partition coefficient (Wildman–Crippen LogP) is 7.12. The van der Waals surface area contributed by atoms with Gasteiger partial charge in [0.15, 0.2) is 0 Å². The van der Waals surface area contributed by atoms with E-state index in [1.807, 2.05) is 31.2 Å². The van der Waals surface area contributed by atoms with Crippen molar-refractivity contribution in [1.82, 2.24) is 9.80 Å². The predicted molar refractivity (Wildman–Crippen MR) is 177 cm³/mol. The number of benzene rings is 2. The van der Waals surface area contributed by atoms with Crippen LogP contribution in [0.5, 0.6) is 5.75 Å². The fourth-order valence-corrected chi connectivity index (χ4v) is 8.85. The first-order chi connectivity index (χ1) is 21.9. The van der Waals surface area contributed by atoms with Crippen molar-refractivity contribution < 1.29 is 23.9 Å². The number of amides is 2. The van der Waals surface area contributed by atoms with E-state index in [9.17, 15) is 4.79 Å². The average Bonchev–Trinajstić information content (AvgIpc) is 3.06. The summed E-state index contributed by atoms with van der Waals surface area (Å²) in [5.74, 6) is 4.99. The molecule has 3 N–H and O–H groups in total. The van der Waals surface area contributed by atoms with E-state index in [1.165, 1.54) is 43.2 Å². The number of carbonyl (C=O) groups is 1. The van der Waals surface area contributed by atoms with Crippen molar-refractivity contribution in [3.05, 3.63) is 59.7 Å². The Bertz CT molecular complexity index is 1180. The normalized spacial score (nSPS) is 30.9. The molecule has 0 aromatic heterocycles. The molecular weight excluding hydrogens is 586 g/mol. The number of hydrogen-bond donors (Lipinski definition) is 2. The zero-order valence-corrected chi connectivity index (χ0v) is 27.5. The molecule has 5 aliphatic carbocycles. The molecule has 2 aromatic carbocycles. The molecule has 2 aromatic rings. The number of hydrogen-bond acceptors (Lipinski definition) is 7. The summed E-state index contributed by atoms with van der Waals surface area (Å²) in [5.41, 5.74) is 7.98. The molecule has 0 unspecified atom stereocenters. The number of carbonyl (C=O) groups excluding carboxylic acids is 1. The van der Waals surface area contributed by atoms with Gasteiger partial charge in [0, 0.05) is 49.7 Å². The lowest BCUT2D eigenvalue weighted by Crippen LogP contribution is -2.51. The Balaban J connectivity index is 0.000000343. The van der Waals surface area contributed by atoms with E-state index in [-0.39, 0.29) is 12.1 Å². The molecule has 9 heteroatoms. The molecule has 6 aliphatic rings. The van der Waals surface area contributed by atoms with Crippen LogP contribution in [0.1, 0.15) is 74.8 Å². The number of nitrogens with zero attached hydrogens (tertiary/aromatic N) is 2. The van der Waals surface area contributed by atoms with Gasteiger partial charge in [-0.1, -0.05) is 29.8 Å². The Hall–Kier alpha value is -2.30. The number of urea groups is 1. The number of rotatable bonds is 9. The van der Waals surface area contributed by atoms with Gasteiger partial charge in [-0.15, -0.1) is 0 Å². The maximum atomic E-state index is 11.2. The van der Waals surface area contributed by atoms with Crippen molar-refractivity contribution in [3.63, 3.8) is 0 Å². The van der Waals surface area contributed by atoms with Crippen LogP contribution in [0.15, 0.2) is 53.4 Å². The Labute approximate surface area is 273 Å². The number of piperazine rings is 1. The minimum atomic E-state index is -0.321. The van der Waals surface area contributed by atoms with E-state index in [2.05, 4.69) is 29.2 Å². The van der Waals surface area contributed by atoms with E-state index < -0.39 is 0 Å². The molecule has 0 radical (unpaired) electrons. The summed E-state index contributed by atoms with van der Waals surface area (Å²) in [6.45, 7) is 6.65. The molecule has 2 amide bonds. The van der Waals surface area contributed by atoms with Gasteiger partial charge < -0.3 is 19.9 Å². The Morgan fingerprint density at radius 3 is 2.04 bits per heavy atom. The van der Waals surface area contributed by atoms with Gasteiger partial charge in [-0.05, 0) is 124 Å². The third-order valence-corrected chi connectivity index (χ3v) is 11.4. The molecule has 8 rings (SSSR count). The average molecular weight is 638 g/mol. The number of aryl methyl sites for hydroxylation is 1. The summed E-state index contributed by atoms with van der Waals surface area (Å²) in [6, 6.07) is 16.1. The first-order valence-corrected chi connectivity index (χ1v) is 17.9. The van der Waals surface area contributed by atoms with Crippen molar-refractivity contribution in [2.75, 3.05) is 39.3 Å².